The predicted octanol–water partition coefficient (Wildman–Crippen LogP) is 3.52. The lowest BCUT2D eigenvalue weighted by Gasteiger charge is -2.15. The number of hydrogen-bond donors (Lipinski definition) is 1. The van der Waals surface area contributed by atoms with Crippen LogP contribution < -0.4 is 5.73 Å². The van der Waals surface area contributed by atoms with Gasteiger partial charge in [0.2, 0.25) is 0 Å². The molecule has 0 spiro atoms. The smallest absolute Gasteiger partial charge is 0.131 e. The van der Waals surface area contributed by atoms with Crippen molar-refractivity contribution in [3.63, 3.8) is 0 Å². The molecule has 0 bridgehead atoms. The molecule has 2 heteroatoms. The topological polar surface area (TPSA) is 26.0 Å². The summed E-state index contributed by atoms with van der Waals surface area (Å²) in [5.41, 5.74) is 9.47. The van der Waals surface area contributed by atoms with Crippen LogP contribution in [0.2, 0.25) is 0 Å². The van der Waals surface area contributed by atoms with Gasteiger partial charge in [0, 0.05) is 5.56 Å². The van der Waals surface area contributed by atoms with E-state index in [4.69, 9.17) is 5.73 Å². The maximum atomic E-state index is 14.1. The summed E-state index contributed by atoms with van der Waals surface area (Å²) in [6.45, 7) is 0. The molecule has 1 aliphatic carbocycles. The molecule has 3 rings (SSSR count). The lowest BCUT2D eigenvalue weighted by Crippen LogP contribution is -2.13. The minimum absolute atomic E-state index is 0.221. The standard InChI is InChI=1S/C15H12FN/c16-14-9-10-5-1-2-6-11(10)15(17)13-8-4-3-7-12(13)14/h1-9,15H,17H2. The molecule has 1 aliphatic rings. The molecule has 0 amide bonds. The quantitative estimate of drug-likeness (QED) is 0.729. The highest BCUT2D eigenvalue weighted by molar-refractivity contribution is 5.82. The van der Waals surface area contributed by atoms with Crippen molar-refractivity contribution >= 4 is 11.9 Å². The van der Waals surface area contributed by atoms with E-state index in [-0.39, 0.29) is 11.9 Å². The van der Waals surface area contributed by atoms with Gasteiger partial charge in [0.1, 0.15) is 5.83 Å². The fraction of sp³-hybridized carbons (Fsp3) is 0.0667. The van der Waals surface area contributed by atoms with Crippen molar-refractivity contribution < 1.29 is 4.39 Å². The van der Waals surface area contributed by atoms with Crippen LogP contribution >= 0.6 is 0 Å². The fourth-order valence-electron chi connectivity index (χ4n) is 2.29. The van der Waals surface area contributed by atoms with E-state index in [9.17, 15) is 4.39 Å². The van der Waals surface area contributed by atoms with Crippen molar-refractivity contribution in [1.82, 2.24) is 0 Å². The molecule has 0 saturated heterocycles. The Hall–Kier alpha value is -1.93. The molecule has 0 radical (unpaired) electrons. The van der Waals surface area contributed by atoms with Crippen molar-refractivity contribution in [2.24, 2.45) is 5.73 Å². The monoisotopic (exact) mass is 225 g/mol. The highest BCUT2D eigenvalue weighted by Crippen LogP contribution is 2.35. The Kier molecular flexibility index (Phi) is 2.30. The Morgan fingerprint density at radius 3 is 2.35 bits per heavy atom. The summed E-state index contributed by atoms with van der Waals surface area (Å²) in [4.78, 5) is 0. The molecule has 2 aromatic rings. The summed E-state index contributed by atoms with van der Waals surface area (Å²) < 4.78 is 14.1. The summed E-state index contributed by atoms with van der Waals surface area (Å²) in [6.07, 6.45) is 1.56. The molecule has 1 atom stereocenters. The zero-order valence-corrected chi connectivity index (χ0v) is 9.23. The maximum Gasteiger partial charge on any atom is 0.131 e. The Bertz CT molecular complexity index is 601. The van der Waals surface area contributed by atoms with Gasteiger partial charge in [0.15, 0.2) is 0 Å². The van der Waals surface area contributed by atoms with Crippen molar-refractivity contribution in [3.8, 4) is 0 Å². The van der Waals surface area contributed by atoms with Gasteiger partial charge in [-0.15, -0.1) is 0 Å². The minimum Gasteiger partial charge on any atom is -0.320 e. The molecule has 1 unspecified atom stereocenters. The Morgan fingerprint density at radius 1 is 0.882 bits per heavy atom. The van der Waals surface area contributed by atoms with Crippen LogP contribution in [-0.2, 0) is 0 Å². The van der Waals surface area contributed by atoms with E-state index < -0.39 is 0 Å². The van der Waals surface area contributed by atoms with E-state index in [1.807, 2.05) is 42.5 Å². The van der Waals surface area contributed by atoms with E-state index in [1.165, 1.54) is 0 Å². The number of hydrogen-bond acceptors (Lipinski definition) is 1. The van der Waals surface area contributed by atoms with Gasteiger partial charge in [-0.1, -0.05) is 48.5 Å². The van der Waals surface area contributed by atoms with Gasteiger partial charge in [-0.05, 0) is 22.8 Å². The van der Waals surface area contributed by atoms with Gasteiger partial charge < -0.3 is 5.73 Å². The number of halogens is 1. The molecule has 1 nitrogen and oxygen atoms in total. The Labute approximate surface area is 99.4 Å². The first-order chi connectivity index (χ1) is 8.27. The van der Waals surface area contributed by atoms with Gasteiger partial charge in [0.05, 0.1) is 6.04 Å². The van der Waals surface area contributed by atoms with Gasteiger partial charge >= 0.3 is 0 Å². The average molecular weight is 225 g/mol. The minimum atomic E-state index is -0.271. The van der Waals surface area contributed by atoms with E-state index in [2.05, 4.69) is 0 Å². The molecular weight excluding hydrogens is 213 g/mol. The van der Waals surface area contributed by atoms with Crippen LogP contribution in [-0.4, -0.2) is 0 Å². The molecule has 2 N–H and O–H groups in total. The zero-order valence-electron chi connectivity index (χ0n) is 9.23. The van der Waals surface area contributed by atoms with E-state index in [0.29, 0.717) is 5.56 Å². The molecule has 0 fully saturated rings. The first-order valence-corrected chi connectivity index (χ1v) is 5.58. The molecule has 2 aromatic carbocycles. The highest BCUT2D eigenvalue weighted by Gasteiger charge is 2.20. The van der Waals surface area contributed by atoms with Crippen molar-refractivity contribution in [2.75, 3.05) is 0 Å². The average Bonchev–Trinajstić information content (AvgIpc) is 2.48. The van der Waals surface area contributed by atoms with Gasteiger partial charge in [0.25, 0.3) is 0 Å². The Morgan fingerprint density at radius 2 is 1.53 bits per heavy atom. The van der Waals surface area contributed by atoms with Crippen molar-refractivity contribution in [3.05, 3.63) is 70.8 Å². The van der Waals surface area contributed by atoms with Gasteiger partial charge in [-0.25, -0.2) is 4.39 Å². The normalized spacial score (nSPS) is 17.8. The largest absolute Gasteiger partial charge is 0.320 e. The lowest BCUT2D eigenvalue weighted by atomic mass is 9.95. The zero-order chi connectivity index (χ0) is 11.8. The number of rotatable bonds is 0. The highest BCUT2D eigenvalue weighted by atomic mass is 19.1. The third-order valence-corrected chi connectivity index (χ3v) is 3.17. The summed E-state index contributed by atoms with van der Waals surface area (Å²) in [5.74, 6) is -0.221. The van der Waals surface area contributed by atoms with Crippen LogP contribution in [0.15, 0.2) is 48.5 Å². The first kappa shape index (κ1) is 10.2. The molecule has 17 heavy (non-hydrogen) atoms. The van der Waals surface area contributed by atoms with Crippen LogP contribution in [0.25, 0.3) is 11.9 Å². The van der Waals surface area contributed by atoms with Crippen molar-refractivity contribution in [2.45, 2.75) is 6.04 Å². The maximum absolute atomic E-state index is 14.1. The third kappa shape index (κ3) is 1.58. The lowest BCUT2D eigenvalue weighted by molar-refractivity contribution is 0.759. The van der Waals surface area contributed by atoms with Crippen molar-refractivity contribution in [1.29, 1.82) is 0 Å². The van der Waals surface area contributed by atoms with Crippen LogP contribution in [0.3, 0.4) is 0 Å². The third-order valence-electron chi connectivity index (χ3n) is 3.17. The summed E-state index contributed by atoms with van der Waals surface area (Å²) >= 11 is 0. The molecule has 0 saturated carbocycles. The second-order valence-corrected chi connectivity index (χ2v) is 4.19. The van der Waals surface area contributed by atoms with Crippen LogP contribution in [0.5, 0.6) is 0 Å². The summed E-state index contributed by atoms with van der Waals surface area (Å²) in [5, 5.41) is 0. The second-order valence-electron chi connectivity index (χ2n) is 4.19. The molecule has 0 aromatic heterocycles. The summed E-state index contributed by atoms with van der Waals surface area (Å²) in [7, 11) is 0. The molecule has 0 heterocycles. The second kappa shape index (κ2) is 3.82. The first-order valence-electron chi connectivity index (χ1n) is 5.58. The Balaban J connectivity index is 2.32. The molecule has 0 aliphatic heterocycles. The SMILES string of the molecule is NC1c2ccccc2C=C(F)c2ccccc21. The molecular formula is C15H12FN. The predicted molar refractivity (Wildman–Crippen MR) is 67.9 cm³/mol. The van der Waals surface area contributed by atoms with Crippen LogP contribution in [0.1, 0.15) is 28.3 Å². The van der Waals surface area contributed by atoms with E-state index in [1.54, 1.807) is 12.1 Å². The summed E-state index contributed by atoms with van der Waals surface area (Å²) in [6, 6.07) is 14.8. The van der Waals surface area contributed by atoms with Crippen LogP contribution in [0.4, 0.5) is 4.39 Å². The van der Waals surface area contributed by atoms with Gasteiger partial charge in [-0.3, -0.25) is 0 Å². The van der Waals surface area contributed by atoms with E-state index >= 15 is 0 Å². The fourth-order valence-corrected chi connectivity index (χ4v) is 2.29. The number of benzene rings is 2. The molecule has 84 valence electrons. The van der Waals surface area contributed by atoms with Crippen LogP contribution in [0, 0.1) is 0 Å². The van der Waals surface area contributed by atoms with Gasteiger partial charge in [-0.2, -0.15) is 0 Å². The number of nitrogens with two attached hydrogens (primary N) is 1. The number of fused-ring (bicyclic) bond motifs is 2. The van der Waals surface area contributed by atoms with E-state index in [0.717, 1.165) is 16.7 Å².